The summed E-state index contributed by atoms with van der Waals surface area (Å²) in [6.45, 7) is 0. The van der Waals surface area contributed by atoms with Crippen LogP contribution in [-0.2, 0) is 25.5 Å². The molecule has 2 atom stereocenters. The summed E-state index contributed by atoms with van der Waals surface area (Å²) in [6.07, 6.45) is -0.143. The molecule has 2 fully saturated rings. The van der Waals surface area contributed by atoms with Gasteiger partial charge in [0.1, 0.15) is 12.2 Å². The maximum Gasteiger partial charge on any atom is 0.307 e. The third kappa shape index (κ3) is 2.08. The molecule has 1 aromatic rings. The van der Waals surface area contributed by atoms with Crippen LogP contribution in [0.1, 0.15) is 18.4 Å². The smallest absolute Gasteiger partial charge is 0.307 e. The van der Waals surface area contributed by atoms with Gasteiger partial charge in [-0.3, -0.25) is 14.4 Å². The van der Waals surface area contributed by atoms with Crippen LogP contribution in [0.4, 0.5) is 5.69 Å². The summed E-state index contributed by atoms with van der Waals surface area (Å²) in [7, 11) is 0. The Kier molecular flexibility index (Phi) is 3.02. The van der Waals surface area contributed by atoms with Crippen LogP contribution in [0.25, 0.3) is 0 Å². The van der Waals surface area contributed by atoms with E-state index in [1.165, 1.54) is 0 Å². The van der Waals surface area contributed by atoms with Crippen molar-refractivity contribution in [3.8, 4) is 0 Å². The predicted molar refractivity (Wildman–Crippen MR) is 68.2 cm³/mol. The van der Waals surface area contributed by atoms with Gasteiger partial charge in [0.05, 0.1) is 12.1 Å². The van der Waals surface area contributed by atoms with Gasteiger partial charge in [-0.05, 0) is 30.5 Å². The number of benzene rings is 1. The number of imide groups is 1. The molecule has 1 N–H and O–H groups in total. The summed E-state index contributed by atoms with van der Waals surface area (Å²) < 4.78 is 5.33. The van der Waals surface area contributed by atoms with Crippen LogP contribution in [-0.4, -0.2) is 35.1 Å². The molecule has 2 aliphatic heterocycles. The van der Waals surface area contributed by atoms with Crippen molar-refractivity contribution < 1.29 is 24.2 Å². The van der Waals surface area contributed by atoms with E-state index >= 15 is 0 Å². The first-order valence-corrected chi connectivity index (χ1v) is 6.40. The van der Waals surface area contributed by atoms with Gasteiger partial charge < -0.3 is 9.84 Å². The first-order valence-electron chi connectivity index (χ1n) is 6.40. The molecule has 2 unspecified atom stereocenters. The molecule has 0 aliphatic carbocycles. The fraction of sp³-hybridized carbons (Fsp3) is 0.357. The Labute approximate surface area is 114 Å². The van der Waals surface area contributed by atoms with Gasteiger partial charge in [-0.25, -0.2) is 4.90 Å². The number of carboxylic acids is 1. The number of morpholine rings is 1. The number of hydrogen-bond acceptors (Lipinski definition) is 4. The van der Waals surface area contributed by atoms with Crippen molar-refractivity contribution >= 4 is 23.5 Å². The van der Waals surface area contributed by atoms with E-state index < -0.39 is 18.2 Å². The maximum absolute atomic E-state index is 12.2. The van der Waals surface area contributed by atoms with Crippen LogP contribution in [0.15, 0.2) is 24.3 Å². The second-order valence-electron chi connectivity index (χ2n) is 4.94. The number of anilines is 1. The van der Waals surface area contributed by atoms with Crippen LogP contribution >= 0.6 is 0 Å². The van der Waals surface area contributed by atoms with Gasteiger partial charge in [-0.2, -0.15) is 0 Å². The minimum Gasteiger partial charge on any atom is -0.481 e. The van der Waals surface area contributed by atoms with E-state index in [4.69, 9.17) is 9.84 Å². The highest BCUT2D eigenvalue weighted by Gasteiger charge is 2.47. The molecule has 1 aromatic carbocycles. The standard InChI is InChI=1S/C14H13NO5/c16-12(17)7-8-2-1-3-9(6-8)15-13(18)10-4-5-11(20-10)14(15)19/h1-3,6,10-11H,4-5,7H2,(H,16,17). The van der Waals surface area contributed by atoms with Crippen LogP contribution in [0.5, 0.6) is 0 Å². The zero-order valence-corrected chi connectivity index (χ0v) is 10.6. The van der Waals surface area contributed by atoms with Gasteiger partial charge in [-0.1, -0.05) is 12.1 Å². The van der Waals surface area contributed by atoms with Gasteiger partial charge in [0, 0.05) is 0 Å². The molecule has 0 radical (unpaired) electrons. The number of aliphatic carboxylic acids is 1. The van der Waals surface area contributed by atoms with Gasteiger partial charge >= 0.3 is 5.97 Å². The molecule has 2 saturated heterocycles. The second kappa shape index (κ2) is 4.72. The molecule has 0 spiro atoms. The number of carbonyl (C=O) groups is 3. The molecular weight excluding hydrogens is 262 g/mol. The number of rotatable bonds is 3. The van der Waals surface area contributed by atoms with Crippen LogP contribution in [0.2, 0.25) is 0 Å². The molecule has 0 saturated carbocycles. The quantitative estimate of drug-likeness (QED) is 0.822. The lowest BCUT2D eigenvalue weighted by Crippen LogP contribution is -2.52. The number of carboxylic acid groups (broad SMARTS) is 1. The molecule has 2 bridgehead atoms. The minimum atomic E-state index is -0.957. The summed E-state index contributed by atoms with van der Waals surface area (Å²) in [5.74, 6) is -1.69. The lowest BCUT2D eigenvalue weighted by atomic mass is 10.1. The van der Waals surface area contributed by atoms with E-state index in [9.17, 15) is 14.4 Å². The SMILES string of the molecule is O=C(O)Cc1cccc(N2C(=O)C3CCC(O3)C2=O)c1. The number of hydrogen-bond donors (Lipinski definition) is 1. The number of ether oxygens (including phenoxy) is 1. The van der Waals surface area contributed by atoms with E-state index in [0.717, 1.165) is 4.90 Å². The van der Waals surface area contributed by atoms with Gasteiger partial charge in [0.2, 0.25) is 0 Å². The maximum atomic E-state index is 12.2. The molecule has 2 aliphatic rings. The first kappa shape index (κ1) is 12.8. The summed E-state index contributed by atoms with van der Waals surface area (Å²) in [5, 5.41) is 8.80. The summed E-state index contributed by atoms with van der Waals surface area (Å²) in [6, 6.07) is 6.49. The predicted octanol–water partition coefficient (Wildman–Crippen LogP) is 0.734. The Morgan fingerprint density at radius 2 is 1.90 bits per heavy atom. The monoisotopic (exact) mass is 275 g/mol. The van der Waals surface area contributed by atoms with E-state index in [2.05, 4.69) is 0 Å². The average molecular weight is 275 g/mol. The highest BCUT2D eigenvalue weighted by molar-refractivity contribution is 6.19. The molecule has 6 heteroatoms. The van der Waals surface area contributed by atoms with Crippen molar-refractivity contribution in [1.29, 1.82) is 0 Å². The van der Waals surface area contributed by atoms with Crippen LogP contribution in [0, 0.1) is 0 Å². The Balaban J connectivity index is 1.93. The highest BCUT2D eigenvalue weighted by atomic mass is 16.5. The zero-order valence-electron chi connectivity index (χ0n) is 10.6. The van der Waals surface area contributed by atoms with Gasteiger partial charge in [0.15, 0.2) is 0 Å². The Bertz CT molecular complexity index is 575. The highest BCUT2D eigenvalue weighted by Crippen LogP contribution is 2.32. The molecule has 3 rings (SSSR count). The van der Waals surface area contributed by atoms with E-state index in [-0.39, 0.29) is 18.2 Å². The summed E-state index contributed by atoms with van der Waals surface area (Å²) in [4.78, 5) is 36.2. The van der Waals surface area contributed by atoms with Crippen molar-refractivity contribution in [2.24, 2.45) is 0 Å². The van der Waals surface area contributed by atoms with Crippen LogP contribution in [0.3, 0.4) is 0 Å². The molecule has 20 heavy (non-hydrogen) atoms. The Morgan fingerprint density at radius 1 is 1.25 bits per heavy atom. The summed E-state index contributed by atoms with van der Waals surface area (Å²) in [5.41, 5.74) is 0.966. The van der Waals surface area contributed by atoms with Gasteiger partial charge in [-0.15, -0.1) is 0 Å². The number of nitrogens with zero attached hydrogens (tertiary/aromatic N) is 1. The van der Waals surface area contributed by atoms with Crippen molar-refractivity contribution in [3.05, 3.63) is 29.8 Å². The first-order chi connectivity index (χ1) is 9.56. The number of amides is 2. The van der Waals surface area contributed by atoms with Gasteiger partial charge in [0.25, 0.3) is 11.8 Å². The minimum absolute atomic E-state index is 0.145. The summed E-state index contributed by atoms with van der Waals surface area (Å²) >= 11 is 0. The van der Waals surface area contributed by atoms with E-state index in [1.54, 1.807) is 24.3 Å². The van der Waals surface area contributed by atoms with Crippen molar-refractivity contribution in [2.45, 2.75) is 31.5 Å². The number of carbonyl (C=O) groups excluding carboxylic acids is 2. The molecule has 0 aromatic heterocycles. The lowest BCUT2D eigenvalue weighted by Gasteiger charge is -2.30. The fourth-order valence-corrected chi connectivity index (χ4v) is 2.63. The molecular formula is C14H13NO5. The zero-order chi connectivity index (χ0) is 14.3. The second-order valence-corrected chi connectivity index (χ2v) is 4.94. The molecule has 2 heterocycles. The molecule has 6 nitrogen and oxygen atoms in total. The third-order valence-electron chi connectivity index (χ3n) is 3.54. The Hall–Kier alpha value is -2.21. The largest absolute Gasteiger partial charge is 0.481 e. The van der Waals surface area contributed by atoms with Crippen molar-refractivity contribution in [2.75, 3.05) is 4.90 Å². The topological polar surface area (TPSA) is 83.9 Å². The Morgan fingerprint density at radius 3 is 2.50 bits per heavy atom. The van der Waals surface area contributed by atoms with Crippen molar-refractivity contribution in [1.82, 2.24) is 0 Å². The van der Waals surface area contributed by atoms with E-state index in [0.29, 0.717) is 24.1 Å². The van der Waals surface area contributed by atoms with Crippen molar-refractivity contribution in [3.63, 3.8) is 0 Å². The fourth-order valence-electron chi connectivity index (χ4n) is 2.63. The normalized spacial score (nSPS) is 25.1. The molecule has 2 amide bonds. The number of fused-ring (bicyclic) bond motifs is 2. The molecule has 104 valence electrons. The van der Waals surface area contributed by atoms with Crippen LogP contribution < -0.4 is 4.90 Å². The average Bonchev–Trinajstić information content (AvgIpc) is 2.83. The van der Waals surface area contributed by atoms with E-state index in [1.807, 2.05) is 0 Å². The third-order valence-corrected chi connectivity index (χ3v) is 3.54. The lowest BCUT2D eigenvalue weighted by molar-refractivity contribution is -0.147.